The van der Waals surface area contributed by atoms with E-state index in [0.29, 0.717) is 24.8 Å². The third-order valence-corrected chi connectivity index (χ3v) is 9.21. The molecular formula is C37H41NO7. The normalized spacial score (nSPS) is 17.1. The van der Waals surface area contributed by atoms with Crippen molar-refractivity contribution < 1.29 is 34.3 Å². The summed E-state index contributed by atoms with van der Waals surface area (Å²) in [6.07, 6.45) is 7.16. The lowest BCUT2D eigenvalue weighted by Gasteiger charge is -2.31. The number of aromatic nitrogens is 1. The molecule has 8 nitrogen and oxygen atoms in total. The number of hydrogen-bond acceptors (Lipinski definition) is 7. The molecule has 2 heterocycles. The van der Waals surface area contributed by atoms with Gasteiger partial charge in [0, 0.05) is 23.9 Å². The predicted octanol–water partition coefficient (Wildman–Crippen LogP) is 7.23. The Balaban J connectivity index is 1.35. The van der Waals surface area contributed by atoms with E-state index in [1.807, 2.05) is 18.3 Å². The van der Waals surface area contributed by atoms with Crippen molar-refractivity contribution in [2.24, 2.45) is 0 Å². The predicted molar refractivity (Wildman–Crippen MR) is 172 cm³/mol. The maximum atomic E-state index is 13.9. The van der Waals surface area contributed by atoms with E-state index in [9.17, 15) is 20.1 Å². The second-order valence-electron chi connectivity index (χ2n) is 12.2. The fourth-order valence-corrected chi connectivity index (χ4v) is 6.61. The Morgan fingerprint density at radius 3 is 2.49 bits per heavy atom. The molecule has 4 N–H and O–H groups in total. The van der Waals surface area contributed by atoms with E-state index in [-0.39, 0.29) is 53.1 Å². The number of nitrogens with one attached hydrogen (secondary N) is 1. The Kier molecular flexibility index (Phi) is 8.76. The first-order valence-corrected chi connectivity index (χ1v) is 15.8. The molecule has 1 unspecified atom stereocenters. The Morgan fingerprint density at radius 1 is 1.00 bits per heavy atom. The molecule has 1 aromatic heterocycles. The number of fused-ring (bicyclic) bond motifs is 1. The van der Waals surface area contributed by atoms with E-state index >= 15 is 0 Å². The summed E-state index contributed by atoms with van der Waals surface area (Å²) in [5.41, 5.74) is 5.13. The maximum absolute atomic E-state index is 13.9. The Hall–Kier alpha value is -4.43. The van der Waals surface area contributed by atoms with Crippen molar-refractivity contribution >= 4 is 5.78 Å². The van der Waals surface area contributed by atoms with Gasteiger partial charge in [-0.3, -0.25) is 4.79 Å². The van der Waals surface area contributed by atoms with Crippen LogP contribution in [0.4, 0.5) is 0 Å². The van der Waals surface area contributed by atoms with Crippen molar-refractivity contribution in [3.8, 4) is 39.9 Å². The largest absolute Gasteiger partial charge is 0.508 e. The van der Waals surface area contributed by atoms with Gasteiger partial charge in [-0.1, -0.05) is 56.2 Å². The smallest absolute Gasteiger partial charge is 0.204 e. The fourth-order valence-electron chi connectivity index (χ4n) is 6.61. The summed E-state index contributed by atoms with van der Waals surface area (Å²) in [5.74, 6) is 0.327. The minimum absolute atomic E-state index is 0.0594. The third kappa shape index (κ3) is 6.38. The average molecular weight is 612 g/mol. The van der Waals surface area contributed by atoms with Gasteiger partial charge in [0.05, 0.1) is 25.7 Å². The molecule has 45 heavy (non-hydrogen) atoms. The molecule has 2 aliphatic rings. The fraction of sp³-hybridized carbons (Fsp3) is 0.378. The molecule has 1 saturated carbocycles. The number of Topliss-reactive ketones (excluding diaryl/α,β-unsaturated/α-hetero) is 1. The van der Waals surface area contributed by atoms with E-state index in [2.05, 4.69) is 30.1 Å². The first-order chi connectivity index (χ1) is 21.8. The number of phenols is 2. The second kappa shape index (κ2) is 12.9. The highest BCUT2D eigenvalue weighted by molar-refractivity contribution is 6.04. The zero-order valence-electron chi connectivity index (χ0n) is 25.9. The minimum Gasteiger partial charge on any atom is -0.508 e. The molecule has 236 valence electrons. The molecule has 4 aromatic rings. The SMILES string of the molecule is CCc1cc(-c2cccc(CCc3c(O)c(OC)c(OCCC4(O)CCCC4)c4c3OC(c3ccc(O)cc3)CC4=O)c2)c[nH]1. The van der Waals surface area contributed by atoms with E-state index in [4.69, 9.17) is 14.2 Å². The summed E-state index contributed by atoms with van der Waals surface area (Å²) in [4.78, 5) is 17.2. The van der Waals surface area contributed by atoms with Crippen molar-refractivity contribution in [1.82, 2.24) is 4.98 Å². The van der Waals surface area contributed by atoms with Gasteiger partial charge in [-0.25, -0.2) is 0 Å². The molecular weight excluding hydrogens is 570 g/mol. The van der Waals surface area contributed by atoms with Crippen LogP contribution in [-0.4, -0.2) is 45.4 Å². The van der Waals surface area contributed by atoms with Crippen LogP contribution in [0.25, 0.3) is 11.1 Å². The lowest BCUT2D eigenvalue weighted by Crippen LogP contribution is -2.27. The number of aromatic amines is 1. The number of ether oxygens (including phenoxy) is 3. The summed E-state index contributed by atoms with van der Waals surface area (Å²) in [6.45, 7) is 2.28. The van der Waals surface area contributed by atoms with Crippen molar-refractivity contribution in [3.63, 3.8) is 0 Å². The first kappa shape index (κ1) is 30.6. The van der Waals surface area contributed by atoms with Crippen LogP contribution in [0.2, 0.25) is 0 Å². The van der Waals surface area contributed by atoms with Gasteiger partial charge in [0.2, 0.25) is 5.75 Å². The Bertz CT molecular complexity index is 1670. The number of rotatable bonds is 11. The van der Waals surface area contributed by atoms with Crippen LogP contribution in [0.15, 0.2) is 60.8 Å². The zero-order valence-corrected chi connectivity index (χ0v) is 25.9. The summed E-state index contributed by atoms with van der Waals surface area (Å²) in [6, 6.07) is 17.0. The summed E-state index contributed by atoms with van der Waals surface area (Å²) in [7, 11) is 1.45. The van der Waals surface area contributed by atoms with Crippen LogP contribution in [-0.2, 0) is 19.3 Å². The van der Waals surface area contributed by atoms with Gasteiger partial charge in [0.15, 0.2) is 17.3 Å². The lowest BCUT2D eigenvalue weighted by molar-refractivity contribution is 0.0252. The Labute approximate surface area is 263 Å². The molecule has 1 atom stereocenters. The number of carbonyl (C=O) groups excluding carboxylic acids is 1. The van der Waals surface area contributed by atoms with Crippen molar-refractivity contribution in [2.45, 2.75) is 76.4 Å². The van der Waals surface area contributed by atoms with Crippen LogP contribution < -0.4 is 14.2 Å². The van der Waals surface area contributed by atoms with E-state index in [1.54, 1.807) is 24.3 Å². The number of aromatic hydroxyl groups is 2. The number of phenolic OH excluding ortho intramolecular Hbond substituents is 2. The van der Waals surface area contributed by atoms with Gasteiger partial charge in [-0.05, 0) is 72.6 Å². The van der Waals surface area contributed by atoms with Crippen LogP contribution in [0.1, 0.15) is 84.3 Å². The topological polar surface area (TPSA) is 121 Å². The van der Waals surface area contributed by atoms with Gasteiger partial charge >= 0.3 is 0 Å². The minimum atomic E-state index is -0.785. The molecule has 0 amide bonds. The zero-order chi connectivity index (χ0) is 31.6. The molecule has 6 rings (SSSR count). The summed E-state index contributed by atoms with van der Waals surface area (Å²) in [5, 5.41) is 32.3. The van der Waals surface area contributed by atoms with Gasteiger partial charge in [-0.15, -0.1) is 0 Å². The monoisotopic (exact) mass is 611 g/mol. The molecule has 1 aliphatic heterocycles. The van der Waals surface area contributed by atoms with E-state index in [0.717, 1.165) is 54.4 Å². The number of aliphatic hydroxyl groups is 1. The summed E-state index contributed by atoms with van der Waals surface area (Å²) < 4.78 is 18.4. The van der Waals surface area contributed by atoms with Crippen LogP contribution in [0, 0.1) is 0 Å². The number of benzene rings is 3. The van der Waals surface area contributed by atoms with Gasteiger partial charge in [0.25, 0.3) is 0 Å². The molecule has 0 radical (unpaired) electrons. The number of H-pyrrole nitrogens is 1. The maximum Gasteiger partial charge on any atom is 0.204 e. The molecule has 0 bridgehead atoms. The molecule has 1 fully saturated rings. The van der Waals surface area contributed by atoms with E-state index < -0.39 is 11.7 Å². The van der Waals surface area contributed by atoms with Gasteiger partial charge < -0.3 is 34.5 Å². The molecule has 0 spiro atoms. The average Bonchev–Trinajstić information content (AvgIpc) is 3.71. The first-order valence-electron chi connectivity index (χ1n) is 15.8. The second-order valence-corrected chi connectivity index (χ2v) is 12.2. The lowest BCUT2D eigenvalue weighted by atomic mass is 9.90. The molecule has 1 aliphatic carbocycles. The van der Waals surface area contributed by atoms with Gasteiger partial charge in [-0.2, -0.15) is 0 Å². The highest BCUT2D eigenvalue weighted by atomic mass is 16.5. The highest BCUT2D eigenvalue weighted by Crippen LogP contribution is 2.53. The van der Waals surface area contributed by atoms with Crippen LogP contribution in [0.5, 0.6) is 28.7 Å². The van der Waals surface area contributed by atoms with Crippen molar-refractivity contribution in [3.05, 3.63) is 88.7 Å². The van der Waals surface area contributed by atoms with Crippen molar-refractivity contribution in [1.29, 1.82) is 0 Å². The van der Waals surface area contributed by atoms with Crippen molar-refractivity contribution in [2.75, 3.05) is 13.7 Å². The van der Waals surface area contributed by atoms with Crippen LogP contribution >= 0.6 is 0 Å². The number of hydrogen-bond donors (Lipinski definition) is 4. The number of aryl methyl sites for hydroxylation is 2. The van der Waals surface area contributed by atoms with Crippen LogP contribution in [0.3, 0.4) is 0 Å². The third-order valence-electron chi connectivity index (χ3n) is 9.21. The molecule has 0 saturated heterocycles. The number of carbonyl (C=O) groups is 1. The number of methoxy groups -OCH3 is 1. The molecule has 3 aromatic carbocycles. The Morgan fingerprint density at radius 2 is 1.78 bits per heavy atom. The number of ketones is 1. The molecule has 8 heteroatoms. The van der Waals surface area contributed by atoms with Gasteiger partial charge in [0.1, 0.15) is 23.2 Å². The standard InChI is InChI=1S/C37H41NO7/c1-3-27-20-26(22-38-27)25-8-6-7-23(19-25)9-14-29-33(41)36(43-2)35(44-18-17-37(42)15-4-5-16-37)32-30(40)21-31(45-34(29)32)24-10-12-28(39)13-11-24/h6-8,10-13,19-20,22,31,38-39,41-42H,3-5,9,14-18,21H2,1-2H3. The summed E-state index contributed by atoms with van der Waals surface area (Å²) >= 11 is 0. The quantitative estimate of drug-likeness (QED) is 0.141. The van der Waals surface area contributed by atoms with E-state index in [1.165, 1.54) is 12.8 Å². The highest BCUT2D eigenvalue weighted by Gasteiger charge is 2.38.